The number of likely N-dealkylation sites (tertiary alicyclic amines) is 1. The topological polar surface area (TPSA) is 87.6 Å². The molecule has 0 aromatic carbocycles. The zero-order chi connectivity index (χ0) is 15.5. The minimum Gasteiger partial charge on any atom is -0.477 e. The van der Waals surface area contributed by atoms with Crippen LogP contribution in [0.3, 0.4) is 0 Å². The molecule has 0 spiro atoms. The van der Waals surface area contributed by atoms with Crippen molar-refractivity contribution in [1.29, 1.82) is 0 Å². The number of piperidine rings is 1. The number of hydrogen-bond acceptors (Lipinski definition) is 5. The summed E-state index contributed by atoms with van der Waals surface area (Å²) in [5.74, 6) is -1.07. The van der Waals surface area contributed by atoms with Gasteiger partial charge >= 0.3 is 5.97 Å². The lowest BCUT2D eigenvalue weighted by atomic mass is 10.1. The van der Waals surface area contributed by atoms with Crippen molar-refractivity contribution in [3.8, 4) is 0 Å². The molecule has 21 heavy (non-hydrogen) atoms. The highest BCUT2D eigenvalue weighted by Crippen LogP contribution is 2.20. The Labute approximate surface area is 124 Å². The van der Waals surface area contributed by atoms with Crippen LogP contribution in [0, 0.1) is 0 Å². The van der Waals surface area contributed by atoms with Crippen LogP contribution < -0.4 is 0 Å². The van der Waals surface area contributed by atoms with Crippen LogP contribution in [-0.4, -0.2) is 47.7 Å². The molecule has 2 heterocycles. The molecule has 0 bridgehead atoms. The Hall–Kier alpha value is -1.73. The predicted molar refractivity (Wildman–Crippen MR) is 78.6 cm³/mol. The largest absolute Gasteiger partial charge is 0.477 e. The molecule has 1 aromatic heterocycles. The highest BCUT2D eigenvalue weighted by molar-refractivity contribution is 7.94. The Morgan fingerprint density at radius 3 is 3.00 bits per heavy atom. The number of rotatable bonds is 5. The summed E-state index contributed by atoms with van der Waals surface area (Å²) in [6, 6.07) is 3.27. The molecule has 7 heteroatoms. The first kappa shape index (κ1) is 15.7. The third-order valence-electron chi connectivity index (χ3n) is 3.61. The minimum atomic E-state index is -3.25. The number of carboxylic acids is 1. The SMILES string of the molecule is C=CS(=O)(=O)C1CCCN(Cc2ccnc(C(=O)O)c2)C1. The van der Waals surface area contributed by atoms with E-state index >= 15 is 0 Å². The van der Waals surface area contributed by atoms with Crippen molar-refractivity contribution in [1.82, 2.24) is 9.88 Å². The fourth-order valence-electron chi connectivity index (χ4n) is 2.51. The molecule has 1 saturated heterocycles. The van der Waals surface area contributed by atoms with Crippen molar-refractivity contribution in [3.63, 3.8) is 0 Å². The first-order chi connectivity index (χ1) is 9.92. The third-order valence-corrected chi connectivity index (χ3v) is 5.39. The fraction of sp³-hybridized carbons (Fsp3) is 0.429. The van der Waals surface area contributed by atoms with E-state index in [0.717, 1.165) is 23.9 Å². The van der Waals surface area contributed by atoms with Gasteiger partial charge < -0.3 is 5.11 Å². The van der Waals surface area contributed by atoms with Gasteiger partial charge in [-0.15, -0.1) is 0 Å². The van der Waals surface area contributed by atoms with E-state index in [4.69, 9.17) is 5.11 Å². The Morgan fingerprint density at radius 2 is 2.33 bits per heavy atom. The zero-order valence-electron chi connectivity index (χ0n) is 11.6. The fourth-order valence-corrected chi connectivity index (χ4v) is 3.69. The number of aromatic nitrogens is 1. The van der Waals surface area contributed by atoms with Crippen LogP contribution in [0.4, 0.5) is 0 Å². The number of carbonyl (C=O) groups is 1. The second-order valence-corrected chi connectivity index (χ2v) is 7.29. The molecule has 114 valence electrons. The van der Waals surface area contributed by atoms with Gasteiger partial charge in [-0.25, -0.2) is 18.2 Å². The molecule has 0 saturated carbocycles. The van der Waals surface area contributed by atoms with E-state index in [-0.39, 0.29) is 5.69 Å². The van der Waals surface area contributed by atoms with Crippen LogP contribution in [0.2, 0.25) is 0 Å². The molecular formula is C14H18N2O4S. The summed E-state index contributed by atoms with van der Waals surface area (Å²) in [6.07, 6.45) is 2.90. The van der Waals surface area contributed by atoms with Crippen molar-refractivity contribution < 1.29 is 18.3 Å². The molecule has 1 atom stereocenters. The quantitative estimate of drug-likeness (QED) is 0.882. The number of aromatic carboxylic acids is 1. The maximum Gasteiger partial charge on any atom is 0.354 e. The van der Waals surface area contributed by atoms with E-state index in [9.17, 15) is 13.2 Å². The Balaban J connectivity index is 2.08. The van der Waals surface area contributed by atoms with E-state index in [1.807, 2.05) is 4.90 Å². The van der Waals surface area contributed by atoms with Gasteiger partial charge in [0.25, 0.3) is 0 Å². The summed E-state index contributed by atoms with van der Waals surface area (Å²) in [7, 11) is -3.25. The molecule has 0 amide bonds. The maximum absolute atomic E-state index is 11.9. The summed E-state index contributed by atoms with van der Waals surface area (Å²) in [4.78, 5) is 16.7. The highest BCUT2D eigenvalue weighted by atomic mass is 32.2. The van der Waals surface area contributed by atoms with E-state index in [1.165, 1.54) is 12.3 Å². The summed E-state index contributed by atoms with van der Waals surface area (Å²) in [5.41, 5.74) is 0.818. The van der Waals surface area contributed by atoms with Gasteiger partial charge in [-0.2, -0.15) is 0 Å². The smallest absolute Gasteiger partial charge is 0.354 e. The van der Waals surface area contributed by atoms with Gasteiger partial charge in [-0.3, -0.25) is 4.90 Å². The van der Waals surface area contributed by atoms with E-state index in [0.29, 0.717) is 19.5 Å². The minimum absolute atomic E-state index is 0.000211. The molecule has 1 aliphatic heterocycles. The van der Waals surface area contributed by atoms with Crippen LogP contribution in [0.5, 0.6) is 0 Å². The maximum atomic E-state index is 11.9. The number of nitrogens with zero attached hydrogens (tertiary/aromatic N) is 2. The average molecular weight is 310 g/mol. The Bertz CT molecular complexity index is 642. The van der Waals surface area contributed by atoms with Crippen LogP contribution in [0.25, 0.3) is 0 Å². The molecular weight excluding hydrogens is 292 g/mol. The first-order valence-corrected chi connectivity index (χ1v) is 8.30. The van der Waals surface area contributed by atoms with Crippen LogP contribution in [-0.2, 0) is 16.4 Å². The van der Waals surface area contributed by atoms with Gasteiger partial charge in [0.2, 0.25) is 0 Å². The van der Waals surface area contributed by atoms with Gasteiger partial charge in [0.1, 0.15) is 5.69 Å². The zero-order valence-corrected chi connectivity index (χ0v) is 12.4. The molecule has 1 N–H and O–H groups in total. The highest BCUT2D eigenvalue weighted by Gasteiger charge is 2.28. The van der Waals surface area contributed by atoms with Gasteiger partial charge in [0.05, 0.1) is 5.25 Å². The number of carboxylic acid groups (broad SMARTS) is 1. The monoisotopic (exact) mass is 310 g/mol. The molecule has 0 radical (unpaired) electrons. The molecule has 2 rings (SSSR count). The van der Waals surface area contributed by atoms with Crippen LogP contribution in [0.15, 0.2) is 30.3 Å². The lowest BCUT2D eigenvalue weighted by Gasteiger charge is -2.31. The normalized spacial score (nSPS) is 20.1. The second-order valence-electron chi connectivity index (χ2n) is 5.11. The van der Waals surface area contributed by atoms with E-state index in [2.05, 4.69) is 11.6 Å². The standard InChI is InChI=1S/C14H18N2O4S/c1-2-21(19,20)12-4-3-7-16(10-12)9-11-5-6-15-13(8-11)14(17)18/h2,5-6,8,12H,1,3-4,7,9-10H2,(H,17,18). The van der Waals surface area contributed by atoms with Gasteiger partial charge in [-0.1, -0.05) is 6.58 Å². The van der Waals surface area contributed by atoms with Crippen molar-refractivity contribution >= 4 is 15.8 Å². The van der Waals surface area contributed by atoms with Gasteiger partial charge in [-0.05, 0) is 37.1 Å². The predicted octanol–water partition coefficient (Wildman–Crippen LogP) is 1.30. The summed E-state index contributed by atoms with van der Waals surface area (Å²) in [6.45, 7) is 5.13. The molecule has 6 nitrogen and oxygen atoms in total. The lowest BCUT2D eigenvalue weighted by molar-refractivity contribution is 0.0690. The Kier molecular flexibility index (Phi) is 4.74. The first-order valence-electron chi connectivity index (χ1n) is 6.69. The van der Waals surface area contributed by atoms with Crippen molar-refractivity contribution in [3.05, 3.63) is 41.6 Å². The van der Waals surface area contributed by atoms with Gasteiger partial charge in [0, 0.05) is 24.7 Å². The summed E-state index contributed by atoms with van der Waals surface area (Å²) < 4.78 is 23.7. The lowest BCUT2D eigenvalue weighted by Crippen LogP contribution is -2.41. The van der Waals surface area contributed by atoms with Crippen LogP contribution >= 0.6 is 0 Å². The summed E-state index contributed by atoms with van der Waals surface area (Å²) in [5, 5.41) is 9.53. The third kappa shape index (κ3) is 3.89. The van der Waals surface area contributed by atoms with E-state index < -0.39 is 21.1 Å². The molecule has 1 fully saturated rings. The Morgan fingerprint density at radius 1 is 1.57 bits per heavy atom. The van der Waals surface area contributed by atoms with E-state index in [1.54, 1.807) is 6.07 Å². The molecule has 0 aliphatic carbocycles. The van der Waals surface area contributed by atoms with Crippen molar-refractivity contribution in [2.24, 2.45) is 0 Å². The second kappa shape index (κ2) is 6.36. The molecule has 1 aromatic rings. The number of hydrogen-bond donors (Lipinski definition) is 1. The van der Waals surface area contributed by atoms with Gasteiger partial charge in [0.15, 0.2) is 9.84 Å². The average Bonchev–Trinajstić information content (AvgIpc) is 2.48. The van der Waals surface area contributed by atoms with Crippen molar-refractivity contribution in [2.75, 3.05) is 13.1 Å². The summed E-state index contributed by atoms with van der Waals surface area (Å²) >= 11 is 0. The number of sulfone groups is 1. The van der Waals surface area contributed by atoms with Crippen molar-refractivity contribution in [2.45, 2.75) is 24.6 Å². The van der Waals surface area contributed by atoms with Crippen LogP contribution in [0.1, 0.15) is 28.9 Å². The number of pyridine rings is 1. The molecule has 1 unspecified atom stereocenters. The molecule has 1 aliphatic rings.